The second-order valence-electron chi connectivity index (χ2n) is 6.89. The lowest BCUT2D eigenvalue weighted by molar-refractivity contribution is 0.281. The van der Waals surface area contributed by atoms with Crippen LogP contribution in [0.15, 0.2) is 33.8 Å². The summed E-state index contributed by atoms with van der Waals surface area (Å²) in [5.41, 5.74) is -0.164. The van der Waals surface area contributed by atoms with Crippen LogP contribution in [0.3, 0.4) is 0 Å². The van der Waals surface area contributed by atoms with Crippen molar-refractivity contribution >= 4 is 17.6 Å². The van der Waals surface area contributed by atoms with Gasteiger partial charge in [0.25, 0.3) is 0 Å². The zero-order valence-electron chi connectivity index (χ0n) is 15.9. The van der Waals surface area contributed by atoms with Gasteiger partial charge in [0, 0.05) is 24.5 Å². The molecule has 0 bridgehead atoms. The van der Waals surface area contributed by atoms with Crippen LogP contribution in [-0.2, 0) is 12.0 Å². The number of aromatic nitrogens is 2. The summed E-state index contributed by atoms with van der Waals surface area (Å²) in [5, 5.41) is 7.91. The van der Waals surface area contributed by atoms with E-state index in [2.05, 4.69) is 20.4 Å². The van der Waals surface area contributed by atoms with Gasteiger partial charge in [0.15, 0.2) is 11.8 Å². The molecule has 8 heteroatoms. The number of ether oxygens (including phenoxy) is 1. The van der Waals surface area contributed by atoms with E-state index in [1.807, 2.05) is 44.9 Å². The molecule has 0 saturated carbocycles. The van der Waals surface area contributed by atoms with Crippen molar-refractivity contribution in [1.29, 1.82) is 0 Å². The van der Waals surface area contributed by atoms with Crippen molar-refractivity contribution in [2.75, 3.05) is 27.2 Å². The monoisotopic (exact) mass is 379 g/mol. The second-order valence-corrected chi connectivity index (χ2v) is 7.33. The topological polar surface area (TPSA) is 75.8 Å². The van der Waals surface area contributed by atoms with Crippen molar-refractivity contribution in [3.05, 3.63) is 41.0 Å². The van der Waals surface area contributed by atoms with E-state index in [1.165, 1.54) is 0 Å². The highest BCUT2D eigenvalue weighted by Gasteiger charge is 2.21. The third kappa shape index (κ3) is 5.91. The van der Waals surface area contributed by atoms with E-state index >= 15 is 0 Å². The van der Waals surface area contributed by atoms with Gasteiger partial charge in [0.1, 0.15) is 12.4 Å². The molecule has 0 atom stereocenters. The van der Waals surface area contributed by atoms with Gasteiger partial charge < -0.3 is 19.5 Å². The minimum absolute atomic E-state index is 0.164. The number of guanidine groups is 1. The van der Waals surface area contributed by atoms with Crippen molar-refractivity contribution in [3.63, 3.8) is 0 Å². The van der Waals surface area contributed by atoms with E-state index in [0.717, 1.165) is 11.7 Å². The van der Waals surface area contributed by atoms with Gasteiger partial charge in [-0.3, -0.25) is 4.99 Å². The average molecular weight is 380 g/mol. The predicted molar refractivity (Wildman–Crippen MR) is 103 cm³/mol. The van der Waals surface area contributed by atoms with Crippen molar-refractivity contribution in [1.82, 2.24) is 20.4 Å². The zero-order chi connectivity index (χ0) is 19.2. The lowest BCUT2D eigenvalue weighted by Gasteiger charge is -2.21. The summed E-state index contributed by atoms with van der Waals surface area (Å²) in [7, 11) is 3.67. The number of aliphatic imine (C=N–C) groups is 1. The molecule has 0 aliphatic carbocycles. The fraction of sp³-hybridized carbons (Fsp3) is 0.500. The zero-order valence-corrected chi connectivity index (χ0v) is 16.7. The quantitative estimate of drug-likeness (QED) is 0.614. The third-order valence-electron chi connectivity index (χ3n) is 3.60. The van der Waals surface area contributed by atoms with Crippen LogP contribution >= 0.6 is 11.6 Å². The van der Waals surface area contributed by atoms with Crippen molar-refractivity contribution in [3.8, 4) is 5.75 Å². The molecule has 1 aromatic heterocycles. The van der Waals surface area contributed by atoms with Gasteiger partial charge in [-0.05, 0) is 24.3 Å². The molecule has 1 aromatic carbocycles. The highest BCUT2D eigenvalue weighted by molar-refractivity contribution is 6.30. The molecule has 0 fully saturated rings. The maximum Gasteiger partial charge on any atom is 0.232 e. The number of rotatable bonds is 6. The molecule has 2 rings (SSSR count). The van der Waals surface area contributed by atoms with E-state index in [0.29, 0.717) is 36.4 Å². The molecule has 26 heavy (non-hydrogen) atoms. The Bertz CT molecular complexity index is 722. The molecule has 0 aliphatic rings. The van der Waals surface area contributed by atoms with Gasteiger partial charge in [0.2, 0.25) is 5.89 Å². The van der Waals surface area contributed by atoms with Crippen LogP contribution in [0.2, 0.25) is 5.02 Å². The molecule has 1 N–H and O–H groups in total. The van der Waals surface area contributed by atoms with Gasteiger partial charge in [-0.15, -0.1) is 0 Å². The molecule has 2 aromatic rings. The number of hydrogen-bond donors (Lipinski definition) is 1. The summed E-state index contributed by atoms with van der Waals surface area (Å²) in [6.07, 6.45) is 0. The van der Waals surface area contributed by atoms with E-state index in [9.17, 15) is 0 Å². The van der Waals surface area contributed by atoms with Crippen LogP contribution in [0.5, 0.6) is 5.75 Å². The molecule has 1 heterocycles. The highest BCUT2D eigenvalue weighted by Crippen LogP contribution is 2.19. The van der Waals surface area contributed by atoms with Gasteiger partial charge >= 0.3 is 0 Å². The van der Waals surface area contributed by atoms with Gasteiger partial charge in [-0.25, -0.2) is 0 Å². The summed E-state index contributed by atoms with van der Waals surface area (Å²) >= 11 is 5.86. The van der Waals surface area contributed by atoms with E-state index in [1.54, 1.807) is 19.2 Å². The van der Waals surface area contributed by atoms with Crippen LogP contribution in [0, 0.1) is 0 Å². The Morgan fingerprint density at radius 2 is 2.00 bits per heavy atom. The number of likely N-dealkylation sites (N-methyl/N-ethyl adjacent to an activating group) is 1. The molecule has 0 amide bonds. The molecule has 0 radical (unpaired) electrons. The standard InChI is InChI=1S/C18H26ClN5O2/c1-18(2,3)16-22-15(23-26-16)12-21-17(20-4)24(5)10-11-25-14-8-6-13(19)7-9-14/h6-9H,10-12H2,1-5H3,(H,20,21). The normalized spacial score (nSPS) is 12.2. The smallest absolute Gasteiger partial charge is 0.232 e. The Hall–Kier alpha value is -2.28. The van der Waals surface area contributed by atoms with Gasteiger partial charge in [0.05, 0.1) is 13.1 Å². The van der Waals surface area contributed by atoms with Crippen LogP contribution in [-0.4, -0.2) is 48.2 Å². The molecular formula is C18H26ClN5O2. The summed E-state index contributed by atoms with van der Waals surface area (Å²) < 4.78 is 11.0. The largest absolute Gasteiger partial charge is 0.492 e. The first-order valence-electron chi connectivity index (χ1n) is 8.43. The fourth-order valence-corrected chi connectivity index (χ4v) is 2.24. The fourth-order valence-electron chi connectivity index (χ4n) is 2.11. The Balaban J connectivity index is 1.80. The molecule has 0 saturated heterocycles. The van der Waals surface area contributed by atoms with Crippen LogP contribution in [0.1, 0.15) is 32.5 Å². The number of benzene rings is 1. The summed E-state index contributed by atoms with van der Waals surface area (Å²) in [6.45, 7) is 7.73. The molecular weight excluding hydrogens is 354 g/mol. The van der Waals surface area contributed by atoms with Crippen LogP contribution in [0.4, 0.5) is 0 Å². The predicted octanol–water partition coefficient (Wildman–Crippen LogP) is 3.11. The van der Waals surface area contributed by atoms with Crippen molar-refractivity contribution < 1.29 is 9.26 Å². The number of halogens is 1. The summed E-state index contributed by atoms with van der Waals surface area (Å²) in [6, 6.07) is 7.30. The van der Waals surface area contributed by atoms with Crippen molar-refractivity contribution in [2.45, 2.75) is 32.7 Å². The van der Waals surface area contributed by atoms with Gasteiger partial charge in [-0.1, -0.05) is 37.5 Å². The number of nitrogens with zero attached hydrogens (tertiary/aromatic N) is 4. The maximum atomic E-state index is 5.86. The van der Waals surface area contributed by atoms with E-state index in [4.69, 9.17) is 20.9 Å². The molecule has 142 valence electrons. The maximum absolute atomic E-state index is 5.86. The Kier molecular flexibility index (Phi) is 6.85. The van der Waals surface area contributed by atoms with E-state index in [-0.39, 0.29) is 5.41 Å². The van der Waals surface area contributed by atoms with Gasteiger partial charge in [-0.2, -0.15) is 4.98 Å². The molecule has 7 nitrogen and oxygen atoms in total. The minimum Gasteiger partial charge on any atom is -0.492 e. The molecule has 0 aliphatic heterocycles. The highest BCUT2D eigenvalue weighted by atomic mass is 35.5. The minimum atomic E-state index is -0.164. The third-order valence-corrected chi connectivity index (χ3v) is 3.85. The van der Waals surface area contributed by atoms with Crippen LogP contribution in [0.25, 0.3) is 0 Å². The van der Waals surface area contributed by atoms with Crippen molar-refractivity contribution in [2.24, 2.45) is 4.99 Å². The second kappa shape index (κ2) is 8.89. The Labute approximate surface area is 159 Å². The average Bonchev–Trinajstić information content (AvgIpc) is 3.06. The number of hydrogen-bond acceptors (Lipinski definition) is 5. The molecule has 0 spiro atoms. The molecule has 0 unspecified atom stereocenters. The number of nitrogens with one attached hydrogen (secondary N) is 1. The SMILES string of the molecule is CN=C(NCc1noc(C(C)(C)C)n1)N(C)CCOc1ccc(Cl)cc1. The Morgan fingerprint density at radius 1 is 1.31 bits per heavy atom. The van der Waals surface area contributed by atoms with Crippen LogP contribution < -0.4 is 10.1 Å². The lowest BCUT2D eigenvalue weighted by Crippen LogP contribution is -2.40. The first-order valence-corrected chi connectivity index (χ1v) is 8.80. The lowest BCUT2D eigenvalue weighted by atomic mass is 9.97. The first-order chi connectivity index (χ1) is 12.3. The summed E-state index contributed by atoms with van der Waals surface area (Å²) in [4.78, 5) is 10.6. The summed E-state index contributed by atoms with van der Waals surface area (Å²) in [5.74, 6) is 2.73. The van der Waals surface area contributed by atoms with E-state index < -0.39 is 0 Å². The first kappa shape index (κ1) is 20.0. The Morgan fingerprint density at radius 3 is 2.58 bits per heavy atom.